The van der Waals surface area contributed by atoms with Gasteiger partial charge in [0.05, 0.1) is 26.4 Å². The number of ether oxygens (including phenoxy) is 4. The van der Waals surface area contributed by atoms with Crippen molar-refractivity contribution in [1.82, 2.24) is 0 Å². The second-order valence-corrected chi connectivity index (χ2v) is 33.6. The third kappa shape index (κ3) is 78.0. The predicted octanol–water partition coefficient (Wildman–Crippen LogP) is 25.6. The van der Waals surface area contributed by atoms with Gasteiger partial charge < -0.3 is 33.8 Å². The maximum absolute atomic E-state index is 13.1. The maximum atomic E-state index is 13.1. The predicted molar refractivity (Wildman–Crippen MR) is 423 cm³/mol. The summed E-state index contributed by atoms with van der Waals surface area (Å²) in [6.07, 6.45) is 69.5. The van der Waals surface area contributed by atoms with E-state index in [2.05, 4.69) is 34.6 Å². The van der Waals surface area contributed by atoms with E-state index in [-0.39, 0.29) is 25.7 Å². The number of phosphoric ester groups is 2. The Morgan fingerprint density at radius 2 is 0.447 bits per heavy atom. The van der Waals surface area contributed by atoms with Crippen molar-refractivity contribution in [3.8, 4) is 0 Å². The average Bonchev–Trinajstić information content (AvgIpc) is 0.927. The second kappa shape index (κ2) is 76.8. The van der Waals surface area contributed by atoms with Crippen LogP contribution in [0.2, 0.25) is 0 Å². The molecule has 0 radical (unpaired) electrons. The Morgan fingerprint density at radius 3 is 0.660 bits per heavy atom. The molecule has 0 aliphatic heterocycles. The molecule has 0 fully saturated rings. The monoisotopic (exact) mass is 1510 g/mol. The van der Waals surface area contributed by atoms with Crippen molar-refractivity contribution in [3.63, 3.8) is 0 Å². The van der Waals surface area contributed by atoms with Crippen LogP contribution in [0, 0.1) is 5.92 Å². The molecular weight excluding hydrogens is 1340 g/mol. The van der Waals surface area contributed by atoms with Gasteiger partial charge >= 0.3 is 39.5 Å². The molecule has 0 saturated heterocycles. The first kappa shape index (κ1) is 101. The lowest BCUT2D eigenvalue weighted by atomic mass is 10.0. The first-order valence-corrected chi connectivity index (χ1v) is 46.6. The van der Waals surface area contributed by atoms with Gasteiger partial charge in [0.1, 0.15) is 19.3 Å². The van der Waals surface area contributed by atoms with E-state index in [4.69, 9.17) is 37.0 Å². The highest BCUT2D eigenvalue weighted by molar-refractivity contribution is 7.47. The molecule has 2 unspecified atom stereocenters. The molecule has 0 aromatic carbocycles. The Labute approximate surface area is 632 Å². The van der Waals surface area contributed by atoms with Crippen molar-refractivity contribution >= 4 is 39.5 Å². The summed E-state index contributed by atoms with van der Waals surface area (Å²) in [6.45, 7) is 7.36. The zero-order valence-electron chi connectivity index (χ0n) is 67.5. The summed E-state index contributed by atoms with van der Waals surface area (Å²) in [5.41, 5.74) is 0. The van der Waals surface area contributed by atoms with Crippen molar-refractivity contribution in [1.29, 1.82) is 0 Å². The normalized spacial score (nSPS) is 13.8. The zero-order chi connectivity index (χ0) is 75.5. The Morgan fingerprint density at radius 1 is 0.262 bits per heavy atom. The molecule has 0 aromatic heterocycles. The number of unbranched alkanes of at least 4 members (excludes halogenated alkanes) is 56. The molecule has 0 aliphatic carbocycles. The van der Waals surface area contributed by atoms with Gasteiger partial charge in [0.2, 0.25) is 0 Å². The minimum atomic E-state index is -4.96. The molecule has 17 nitrogen and oxygen atoms in total. The summed E-state index contributed by atoms with van der Waals surface area (Å²) < 4.78 is 68.8. The highest BCUT2D eigenvalue weighted by Gasteiger charge is 2.30. The molecule has 0 aliphatic rings. The molecule has 0 saturated carbocycles. The lowest BCUT2D eigenvalue weighted by Gasteiger charge is -2.21. The van der Waals surface area contributed by atoms with Crippen LogP contribution in [0.5, 0.6) is 0 Å². The lowest BCUT2D eigenvalue weighted by molar-refractivity contribution is -0.161. The summed E-state index contributed by atoms with van der Waals surface area (Å²) in [4.78, 5) is 73.0. The van der Waals surface area contributed by atoms with Crippen LogP contribution in [0.4, 0.5) is 0 Å². The average molecular weight is 1510 g/mol. The van der Waals surface area contributed by atoms with Crippen LogP contribution >= 0.6 is 15.6 Å². The molecule has 0 rings (SSSR count). The fraction of sp³-hybridized carbons (Fsp3) is 0.952. The highest BCUT2D eigenvalue weighted by atomic mass is 31.2. The van der Waals surface area contributed by atoms with Crippen LogP contribution in [-0.2, 0) is 65.4 Å². The zero-order valence-corrected chi connectivity index (χ0v) is 69.3. The van der Waals surface area contributed by atoms with Gasteiger partial charge in [-0.1, -0.05) is 401 Å². The molecule has 0 amide bonds. The van der Waals surface area contributed by atoms with Crippen LogP contribution in [0.25, 0.3) is 0 Å². The van der Waals surface area contributed by atoms with E-state index in [1.807, 2.05) is 0 Å². The standard InChI is InChI=1S/C84H164O17P2/c1-6-9-12-15-18-21-23-25-27-29-30-31-32-38-42-46-50-55-60-65-70-84(89)101-80(74-95-82(87)68-63-58-53-48-44-40-37-34-33-35-39-43-47-51-56-61-66-77(4)5)76-99-103(92,93)97-72-78(85)71-96-102(90,91)98-75-79(73-94-81(86)67-62-57-52-20-17-14-11-8-3)100-83(88)69-64-59-54-49-45-41-36-28-26-24-22-19-16-13-10-7-2/h77-80,85H,6-76H2,1-5H3,(H,90,91)(H,92,93)/t78-,79+,80+/m0/s1. The van der Waals surface area contributed by atoms with Gasteiger partial charge in [-0.2, -0.15) is 0 Å². The van der Waals surface area contributed by atoms with E-state index in [0.717, 1.165) is 95.8 Å². The molecule has 103 heavy (non-hydrogen) atoms. The summed E-state index contributed by atoms with van der Waals surface area (Å²) in [7, 11) is -9.92. The first-order valence-electron chi connectivity index (χ1n) is 43.6. The third-order valence-electron chi connectivity index (χ3n) is 19.8. The minimum Gasteiger partial charge on any atom is -0.462 e. The lowest BCUT2D eigenvalue weighted by Crippen LogP contribution is -2.30. The Balaban J connectivity index is 5.19. The molecular formula is C84H164O17P2. The van der Waals surface area contributed by atoms with Crippen LogP contribution in [0.15, 0.2) is 0 Å². The van der Waals surface area contributed by atoms with Crippen molar-refractivity contribution < 1.29 is 80.2 Å². The number of hydrogen-bond acceptors (Lipinski definition) is 15. The quantitative estimate of drug-likeness (QED) is 0.0222. The number of carbonyl (C=O) groups is 4. The Kier molecular flexibility index (Phi) is 75.4. The number of carbonyl (C=O) groups excluding carboxylic acids is 4. The van der Waals surface area contributed by atoms with E-state index in [1.54, 1.807) is 0 Å². The number of rotatable bonds is 84. The van der Waals surface area contributed by atoms with Crippen molar-refractivity contribution in [2.75, 3.05) is 39.6 Å². The number of hydrogen-bond donors (Lipinski definition) is 3. The highest BCUT2D eigenvalue weighted by Crippen LogP contribution is 2.45. The van der Waals surface area contributed by atoms with Crippen molar-refractivity contribution in [3.05, 3.63) is 0 Å². The van der Waals surface area contributed by atoms with Gasteiger partial charge in [-0.15, -0.1) is 0 Å². The molecule has 612 valence electrons. The van der Waals surface area contributed by atoms with E-state index in [9.17, 15) is 43.2 Å². The number of esters is 4. The van der Waals surface area contributed by atoms with Crippen molar-refractivity contribution in [2.45, 2.75) is 470 Å². The fourth-order valence-corrected chi connectivity index (χ4v) is 14.7. The van der Waals surface area contributed by atoms with E-state index < -0.39 is 97.5 Å². The maximum Gasteiger partial charge on any atom is 0.472 e. The number of phosphoric acid groups is 2. The molecule has 0 aromatic rings. The van der Waals surface area contributed by atoms with Gasteiger partial charge in [0.15, 0.2) is 12.2 Å². The third-order valence-corrected chi connectivity index (χ3v) is 21.7. The Hall–Kier alpha value is -1.94. The minimum absolute atomic E-state index is 0.109. The van der Waals surface area contributed by atoms with Crippen molar-refractivity contribution in [2.24, 2.45) is 5.92 Å². The summed E-state index contributed by atoms with van der Waals surface area (Å²) in [5.74, 6) is -1.29. The number of aliphatic hydroxyl groups excluding tert-OH is 1. The summed E-state index contributed by atoms with van der Waals surface area (Å²) in [6, 6.07) is 0. The number of aliphatic hydroxyl groups is 1. The molecule has 3 N–H and O–H groups in total. The van der Waals surface area contributed by atoms with Gasteiger partial charge in [0.25, 0.3) is 0 Å². The van der Waals surface area contributed by atoms with Gasteiger partial charge in [0, 0.05) is 25.7 Å². The molecule has 0 bridgehead atoms. The van der Waals surface area contributed by atoms with E-state index in [0.29, 0.717) is 25.7 Å². The van der Waals surface area contributed by atoms with Gasteiger partial charge in [-0.25, -0.2) is 9.13 Å². The molecule has 19 heteroatoms. The fourth-order valence-electron chi connectivity index (χ4n) is 13.1. The van der Waals surface area contributed by atoms with E-state index >= 15 is 0 Å². The van der Waals surface area contributed by atoms with E-state index in [1.165, 1.54) is 276 Å². The van der Waals surface area contributed by atoms with Gasteiger partial charge in [-0.3, -0.25) is 37.3 Å². The SMILES string of the molecule is CCCCCCCCCCCCCCCCCCCCCCC(=O)O[C@H](COC(=O)CCCCCCCCCCCCCCCCCCC(C)C)COP(=O)(O)OC[C@@H](O)COP(=O)(O)OC[C@@H](COC(=O)CCCCCCCCCC)OC(=O)CCCCCCCCCCCCCCCCCC. The summed E-state index contributed by atoms with van der Waals surface area (Å²) in [5, 5.41) is 10.7. The smallest absolute Gasteiger partial charge is 0.462 e. The topological polar surface area (TPSA) is 237 Å². The Bertz CT molecular complexity index is 1960. The molecule has 0 spiro atoms. The van der Waals surface area contributed by atoms with Crippen LogP contribution in [-0.4, -0.2) is 96.7 Å². The van der Waals surface area contributed by atoms with Crippen LogP contribution in [0.1, 0.15) is 452 Å². The molecule has 5 atom stereocenters. The largest absolute Gasteiger partial charge is 0.472 e. The molecule has 0 heterocycles. The van der Waals surface area contributed by atoms with Crippen LogP contribution in [0.3, 0.4) is 0 Å². The van der Waals surface area contributed by atoms with Gasteiger partial charge in [-0.05, 0) is 31.6 Å². The van der Waals surface area contributed by atoms with Crippen LogP contribution < -0.4 is 0 Å². The second-order valence-electron chi connectivity index (χ2n) is 30.7. The first-order chi connectivity index (χ1) is 50.0. The summed E-state index contributed by atoms with van der Waals surface area (Å²) >= 11 is 0.